The van der Waals surface area contributed by atoms with Gasteiger partial charge < -0.3 is 49.3 Å². The van der Waals surface area contributed by atoms with Gasteiger partial charge in [-0.1, -0.05) is 58.0 Å². The van der Waals surface area contributed by atoms with Crippen LogP contribution in [-0.4, -0.2) is 196 Å². The van der Waals surface area contributed by atoms with Gasteiger partial charge in [0.25, 0.3) is 11.1 Å². The molecule has 0 aliphatic carbocycles. The molecule has 0 saturated carbocycles. The van der Waals surface area contributed by atoms with E-state index >= 15 is 4.39 Å². The molecule has 4 fully saturated rings. The van der Waals surface area contributed by atoms with E-state index in [0.29, 0.717) is 127 Å². The van der Waals surface area contributed by atoms with Gasteiger partial charge in [0.2, 0.25) is 17.6 Å². The van der Waals surface area contributed by atoms with Crippen molar-refractivity contribution in [3.8, 4) is 11.5 Å². The fourth-order valence-electron chi connectivity index (χ4n) is 13.1. The molecule has 18 nitrogen and oxygen atoms in total. The summed E-state index contributed by atoms with van der Waals surface area (Å²) in [5.41, 5.74) is 4.13. The Labute approximate surface area is 494 Å². The van der Waals surface area contributed by atoms with Gasteiger partial charge in [-0.3, -0.25) is 38.8 Å². The number of anilines is 2. The smallest absolute Gasteiger partial charge is 0.251 e. The minimum absolute atomic E-state index is 0.0181. The van der Waals surface area contributed by atoms with Crippen molar-refractivity contribution in [2.24, 2.45) is 0 Å². The first-order valence-corrected chi connectivity index (χ1v) is 30.0. The lowest BCUT2D eigenvalue weighted by Crippen LogP contribution is -2.61. The Bertz CT molecular complexity index is 3110. The molecule has 0 radical (unpaired) electrons. The predicted molar refractivity (Wildman–Crippen MR) is 319 cm³/mol. The SMILES string of the molecule is C[C@@H]1CN(CC(=O)N2CC(C)(C)c3[nH]c(=O)c(Cc4ccc(F)cc4)cc32)[C@@H](CN2CCO[C@H](COc3cccc(OC[C@@H]4CN(C[C@H]5CN[C@H](C)CN5CC(=O)N5CC(C)(C)c6[nH]c(=O)c(Cc7ccc(F)cc7)cc65)CCO4)c3F)C2)CN1. The first-order valence-electron chi connectivity index (χ1n) is 30.0. The lowest BCUT2D eigenvalue weighted by molar-refractivity contribution is -0.121. The average molecular weight is 1180 g/mol. The number of morpholine rings is 2. The molecule has 3 aromatic carbocycles. The van der Waals surface area contributed by atoms with Gasteiger partial charge in [-0.25, -0.2) is 8.78 Å². The Morgan fingerprint density at radius 2 is 1.01 bits per heavy atom. The van der Waals surface area contributed by atoms with E-state index in [1.54, 1.807) is 52.3 Å². The highest BCUT2D eigenvalue weighted by Crippen LogP contribution is 2.41. The molecule has 4 N–H and O–H groups in total. The van der Waals surface area contributed by atoms with Gasteiger partial charge in [-0.2, -0.15) is 4.39 Å². The van der Waals surface area contributed by atoms with Crippen LogP contribution in [0.3, 0.4) is 0 Å². The summed E-state index contributed by atoms with van der Waals surface area (Å²) in [5.74, 6) is -1.26. The lowest BCUT2D eigenvalue weighted by Gasteiger charge is -2.43. The number of carbonyl (C=O) groups is 2. The number of pyridine rings is 2. The van der Waals surface area contributed by atoms with Gasteiger partial charge in [0.05, 0.1) is 37.7 Å². The number of halogens is 3. The van der Waals surface area contributed by atoms with E-state index < -0.39 is 16.6 Å². The van der Waals surface area contributed by atoms with E-state index in [2.05, 4.69) is 54.0 Å². The fraction of sp³-hybridized carbons (Fsp3) is 0.531. The molecular formula is C64H81F3N10O8. The van der Waals surface area contributed by atoms with E-state index in [4.69, 9.17) is 18.9 Å². The van der Waals surface area contributed by atoms with Gasteiger partial charge in [0.1, 0.15) is 37.1 Å². The largest absolute Gasteiger partial charge is 0.488 e. The molecule has 6 aliphatic rings. The van der Waals surface area contributed by atoms with Crippen molar-refractivity contribution in [2.45, 2.75) is 102 Å². The summed E-state index contributed by atoms with van der Waals surface area (Å²) in [6.45, 7) is 21.4. The minimum atomic E-state index is -0.604. The van der Waals surface area contributed by atoms with E-state index in [1.165, 1.54) is 24.3 Å². The minimum Gasteiger partial charge on any atom is -0.488 e. The van der Waals surface area contributed by atoms with Crippen LogP contribution in [0.15, 0.2) is 88.5 Å². The highest BCUT2D eigenvalue weighted by molar-refractivity contribution is 5.98. The van der Waals surface area contributed by atoms with E-state index in [0.717, 1.165) is 22.5 Å². The van der Waals surface area contributed by atoms with Crippen LogP contribution < -0.4 is 41.0 Å². The number of aromatic nitrogens is 2. The highest BCUT2D eigenvalue weighted by atomic mass is 19.1. The predicted octanol–water partition coefficient (Wildman–Crippen LogP) is 4.79. The van der Waals surface area contributed by atoms with E-state index in [-0.39, 0.29) is 109 Å². The van der Waals surface area contributed by atoms with Gasteiger partial charge in [-0.05, 0) is 73.5 Å². The fourth-order valence-corrected chi connectivity index (χ4v) is 13.1. The van der Waals surface area contributed by atoms with Crippen LogP contribution in [0.1, 0.15) is 75.2 Å². The van der Waals surface area contributed by atoms with Crippen molar-refractivity contribution >= 4 is 23.2 Å². The number of amides is 2. The number of hydrogen-bond acceptors (Lipinski definition) is 14. The van der Waals surface area contributed by atoms with Gasteiger partial charge in [0, 0.05) is 149 Å². The molecule has 8 heterocycles. The molecule has 85 heavy (non-hydrogen) atoms. The number of piperazine rings is 2. The summed E-state index contributed by atoms with van der Waals surface area (Å²) >= 11 is 0. The molecular weight excluding hydrogens is 1090 g/mol. The van der Waals surface area contributed by atoms with Crippen LogP contribution in [0.4, 0.5) is 24.5 Å². The zero-order valence-electron chi connectivity index (χ0n) is 49.7. The number of H-pyrrole nitrogens is 2. The molecule has 5 aromatic rings. The number of carbonyl (C=O) groups excluding carboxylic acids is 2. The second-order valence-corrected chi connectivity index (χ2v) is 25.6. The summed E-state index contributed by atoms with van der Waals surface area (Å²) in [7, 11) is 0. The van der Waals surface area contributed by atoms with Crippen LogP contribution in [0.5, 0.6) is 11.5 Å². The first-order chi connectivity index (χ1) is 40.7. The molecule has 2 amide bonds. The van der Waals surface area contributed by atoms with E-state index in [9.17, 15) is 28.0 Å². The normalized spacial score (nSPS) is 24.5. The Balaban J connectivity index is 0.660. The Morgan fingerprint density at radius 1 is 0.600 bits per heavy atom. The third kappa shape index (κ3) is 14.0. The Morgan fingerprint density at radius 3 is 1.42 bits per heavy atom. The van der Waals surface area contributed by atoms with E-state index in [1.807, 2.05) is 39.8 Å². The second-order valence-electron chi connectivity index (χ2n) is 25.6. The van der Waals surface area contributed by atoms with Crippen molar-refractivity contribution in [1.82, 2.24) is 40.2 Å². The first kappa shape index (κ1) is 60.3. The highest BCUT2D eigenvalue weighted by Gasteiger charge is 2.43. The monoisotopic (exact) mass is 1170 g/mol. The number of benzene rings is 3. The molecule has 0 spiro atoms. The van der Waals surface area contributed by atoms with Gasteiger partial charge in [-0.15, -0.1) is 0 Å². The molecule has 6 atom stereocenters. The Hall–Kier alpha value is -6.43. The van der Waals surface area contributed by atoms with Crippen LogP contribution in [0.25, 0.3) is 0 Å². The Kier molecular flexibility index (Phi) is 18.1. The summed E-state index contributed by atoms with van der Waals surface area (Å²) in [6, 6.07) is 21.1. The third-order valence-corrected chi connectivity index (χ3v) is 17.7. The van der Waals surface area contributed by atoms with Gasteiger partial charge in [0.15, 0.2) is 11.5 Å². The van der Waals surface area contributed by atoms with Crippen molar-refractivity contribution in [3.05, 3.63) is 151 Å². The number of ether oxygens (including phenoxy) is 4. The number of fused-ring (bicyclic) bond motifs is 2. The topological polar surface area (TPSA) is 180 Å². The zero-order valence-corrected chi connectivity index (χ0v) is 49.7. The molecule has 456 valence electrons. The second kappa shape index (κ2) is 25.5. The maximum absolute atomic E-state index is 16.2. The standard InChI is InChI=1S/C64H81F3N10O8/c1-40-28-74(34-56(78)76-38-63(3,4)59-52(76)24-44(61(80)70-59)22-42-10-14-46(65)15-11-42)48(26-68-40)30-72-18-20-82-50(32-72)36-84-54-8-7-9-55(58(54)67)85-37-51-33-73(19-21-83-51)31-49-27-69-41(2)29-75(49)35-57(79)77-39-64(5,6)60-53(77)25-45(62(81)71-60)23-43-12-16-47(66)17-13-43/h7-17,24-25,40-41,48-51,68-69H,18-23,26-39H2,1-6H3,(H,70,80)(H,71,81)/t40-,41-,48-,49-,50+,51+/m1/s1. The van der Waals surface area contributed by atoms with Crippen LogP contribution in [0, 0.1) is 17.5 Å². The molecule has 4 saturated heterocycles. The molecule has 0 bridgehead atoms. The number of hydrogen-bond donors (Lipinski definition) is 4. The maximum atomic E-state index is 16.2. The average Bonchev–Trinajstić information content (AvgIpc) is 1.82. The van der Waals surface area contributed by atoms with Crippen LogP contribution in [-0.2, 0) is 42.7 Å². The number of nitrogens with one attached hydrogen (secondary N) is 4. The third-order valence-electron chi connectivity index (χ3n) is 17.7. The van der Waals surface area contributed by atoms with Crippen molar-refractivity contribution in [3.63, 3.8) is 0 Å². The number of nitrogens with zero attached hydrogens (tertiary/aromatic N) is 6. The molecule has 11 rings (SSSR count). The number of rotatable bonds is 18. The summed E-state index contributed by atoms with van der Waals surface area (Å²) in [5, 5.41) is 7.21. The number of aromatic amines is 2. The van der Waals surface area contributed by atoms with Crippen molar-refractivity contribution in [1.29, 1.82) is 0 Å². The van der Waals surface area contributed by atoms with Crippen LogP contribution in [0.2, 0.25) is 0 Å². The molecule has 0 unspecified atom stereocenters. The summed E-state index contributed by atoms with van der Waals surface area (Å²) in [6.07, 6.45) is -0.0479. The summed E-state index contributed by atoms with van der Waals surface area (Å²) < 4.78 is 68.0. The van der Waals surface area contributed by atoms with Crippen molar-refractivity contribution in [2.75, 3.05) is 128 Å². The summed E-state index contributed by atoms with van der Waals surface area (Å²) in [4.78, 5) is 74.3. The quantitative estimate of drug-likeness (QED) is 0.0941. The molecule has 6 aliphatic heterocycles. The van der Waals surface area contributed by atoms with Crippen LogP contribution >= 0.6 is 0 Å². The van der Waals surface area contributed by atoms with Gasteiger partial charge >= 0.3 is 0 Å². The van der Waals surface area contributed by atoms with Crippen molar-refractivity contribution < 1.29 is 41.7 Å². The lowest BCUT2D eigenvalue weighted by atomic mass is 9.91. The zero-order chi connectivity index (χ0) is 59.7. The molecule has 2 aromatic heterocycles. The maximum Gasteiger partial charge on any atom is 0.251 e. The molecule has 21 heteroatoms.